The predicted octanol–water partition coefficient (Wildman–Crippen LogP) is 4.11. The molecule has 0 radical (unpaired) electrons. The molecule has 4 heteroatoms. The van der Waals surface area contributed by atoms with Crippen LogP contribution in [0.1, 0.15) is 38.0 Å². The number of thiophene rings is 1. The minimum absolute atomic E-state index is 0.381. The molecule has 1 saturated carbocycles. The molecule has 1 atom stereocenters. The molecule has 1 fully saturated rings. The number of nitrogens with zero attached hydrogens (tertiary/aromatic N) is 1. The molecule has 1 N–H and O–H groups in total. The molecule has 0 aliphatic heterocycles. The minimum Gasteiger partial charge on any atom is -0.313 e. The Balaban J connectivity index is 1.81. The van der Waals surface area contributed by atoms with Crippen LogP contribution in [0.4, 0.5) is 0 Å². The molecule has 1 heterocycles. The van der Waals surface area contributed by atoms with Gasteiger partial charge in [0.2, 0.25) is 0 Å². The second-order valence-corrected chi connectivity index (χ2v) is 8.13. The van der Waals surface area contributed by atoms with Crippen molar-refractivity contribution in [1.29, 1.82) is 0 Å². The van der Waals surface area contributed by atoms with Gasteiger partial charge in [0.15, 0.2) is 0 Å². The third-order valence-corrected chi connectivity index (χ3v) is 5.63. The molecule has 0 bridgehead atoms. The van der Waals surface area contributed by atoms with E-state index in [-0.39, 0.29) is 0 Å². The smallest absolute Gasteiger partial charge is 0.0325 e. The normalized spacial score (nSPS) is 18.8. The summed E-state index contributed by atoms with van der Waals surface area (Å²) < 4.78 is 1.20. The van der Waals surface area contributed by atoms with Crippen molar-refractivity contribution in [2.75, 3.05) is 20.1 Å². The number of halogens is 1. The zero-order chi connectivity index (χ0) is 13.9. The number of nitrogens with one attached hydrogen (secondary N) is 1. The zero-order valence-electron chi connectivity index (χ0n) is 12.2. The quantitative estimate of drug-likeness (QED) is 0.763. The lowest BCUT2D eigenvalue weighted by molar-refractivity contribution is 0.175. The highest BCUT2D eigenvalue weighted by molar-refractivity contribution is 9.10. The van der Waals surface area contributed by atoms with Gasteiger partial charge in [0, 0.05) is 40.4 Å². The molecule has 1 unspecified atom stereocenters. The van der Waals surface area contributed by atoms with Gasteiger partial charge >= 0.3 is 0 Å². The maximum Gasteiger partial charge on any atom is 0.0325 e. The van der Waals surface area contributed by atoms with Crippen molar-refractivity contribution >= 4 is 27.3 Å². The minimum atomic E-state index is 0.381. The SMILES string of the molecule is CCC(C)(CNC1CC1)CN(C)Cc1cc(Br)cs1. The van der Waals surface area contributed by atoms with E-state index in [0.717, 1.165) is 25.7 Å². The molecule has 1 aliphatic rings. The van der Waals surface area contributed by atoms with Crippen LogP contribution in [0.3, 0.4) is 0 Å². The van der Waals surface area contributed by atoms with Crippen LogP contribution in [0.5, 0.6) is 0 Å². The van der Waals surface area contributed by atoms with Crippen LogP contribution in [-0.2, 0) is 6.54 Å². The van der Waals surface area contributed by atoms with Gasteiger partial charge in [0.25, 0.3) is 0 Å². The van der Waals surface area contributed by atoms with E-state index >= 15 is 0 Å². The standard InChI is InChI=1S/C15H25BrN2S/c1-4-15(2,10-17-13-5-6-13)11-18(3)8-14-7-12(16)9-19-14/h7,9,13,17H,4-6,8,10-11H2,1-3H3. The van der Waals surface area contributed by atoms with Crippen molar-refractivity contribution in [3.63, 3.8) is 0 Å². The lowest BCUT2D eigenvalue weighted by Crippen LogP contribution is -2.41. The van der Waals surface area contributed by atoms with E-state index in [2.05, 4.69) is 58.5 Å². The maximum atomic E-state index is 3.69. The van der Waals surface area contributed by atoms with Gasteiger partial charge in [-0.2, -0.15) is 0 Å². The molecule has 1 aromatic rings. The summed E-state index contributed by atoms with van der Waals surface area (Å²) in [5.74, 6) is 0. The van der Waals surface area contributed by atoms with Crippen molar-refractivity contribution in [3.05, 3.63) is 20.8 Å². The Morgan fingerprint density at radius 2 is 2.26 bits per heavy atom. The van der Waals surface area contributed by atoms with E-state index in [9.17, 15) is 0 Å². The van der Waals surface area contributed by atoms with Crippen LogP contribution in [-0.4, -0.2) is 31.1 Å². The summed E-state index contributed by atoms with van der Waals surface area (Å²) in [5, 5.41) is 5.85. The molecule has 108 valence electrons. The second-order valence-electron chi connectivity index (χ2n) is 6.22. The number of hydrogen-bond acceptors (Lipinski definition) is 3. The van der Waals surface area contributed by atoms with Crippen LogP contribution in [0.15, 0.2) is 15.9 Å². The summed E-state index contributed by atoms with van der Waals surface area (Å²) >= 11 is 5.36. The van der Waals surface area contributed by atoms with Crippen LogP contribution in [0.2, 0.25) is 0 Å². The Bertz CT molecular complexity index is 403. The average Bonchev–Trinajstić information content (AvgIpc) is 3.10. The Kier molecular flexibility index (Phi) is 5.46. The van der Waals surface area contributed by atoms with Crippen LogP contribution in [0, 0.1) is 5.41 Å². The van der Waals surface area contributed by atoms with Gasteiger partial charge in [-0.3, -0.25) is 0 Å². The van der Waals surface area contributed by atoms with E-state index < -0.39 is 0 Å². The zero-order valence-corrected chi connectivity index (χ0v) is 14.6. The Morgan fingerprint density at radius 1 is 1.53 bits per heavy atom. The molecule has 0 amide bonds. The number of hydrogen-bond donors (Lipinski definition) is 1. The fraction of sp³-hybridized carbons (Fsp3) is 0.733. The molecule has 1 aliphatic carbocycles. The highest BCUT2D eigenvalue weighted by Gasteiger charge is 2.28. The Morgan fingerprint density at radius 3 is 2.79 bits per heavy atom. The van der Waals surface area contributed by atoms with Gasteiger partial charge in [-0.1, -0.05) is 13.8 Å². The van der Waals surface area contributed by atoms with Crippen molar-refractivity contribution in [2.24, 2.45) is 5.41 Å². The lowest BCUT2D eigenvalue weighted by Gasteiger charge is -2.33. The first-order chi connectivity index (χ1) is 9.00. The van der Waals surface area contributed by atoms with Gasteiger partial charge in [-0.05, 0) is 53.7 Å². The van der Waals surface area contributed by atoms with E-state index in [0.29, 0.717) is 5.41 Å². The first-order valence-corrected chi connectivity index (χ1v) is 8.83. The molecule has 0 saturated heterocycles. The molecule has 2 nitrogen and oxygen atoms in total. The third-order valence-electron chi connectivity index (χ3n) is 3.95. The fourth-order valence-electron chi connectivity index (χ4n) is 2.38. The third kappa shape index (κ3) is 5.18. The topological polar surface area (TPSA) is 15.3 Å². The van der Waals surface area contributed by atoms with E-state index in [1.54, 1.807) is 0 Å². The van der Waals surface area contributed by atoms with E-state index in [1.165, 1.54) is 28.6 Å². The van der Waals surface area contributed by atoms with Crippen molar-refractivity contribution in [1.82, 2.24) is 10.2 Å². The molecule has 0 spiro atoms. The summed E-state index contributed by atoms with van der Waals surface area (Å²) in [7, 11) is 2.23. The summed E-state index contributed by atoms with van der Waals surface area (Å²) in [6.45, 7) is 8.06. The van der Waals surface area contributed by atoms with Gasteiger partial charge in [0.05, 0.1) is 0 Å². The highest BCUT2D eigenvalue weighted by Crippen LogP contribution is 2.27. The Labute approximate surface area is 129 Å². The summed E-state index contributed by atoms with van der Waals surface area (Å²) in [5.41, 5.74) is 0.381. The average molecular weight is 345 g/mol. The summed E-state index contributed by atoms with van der Waals surface area (Å²) in [6, 6.07) is 3.04. The van der Waals surface area contributed by atoms with Gasteiger partial charge < -0.3 is 10.2 Å². The van der Waals surface area contributed by atoms with E-state index in [1.807, 2.05) is 11.3 Å². The van der Waals surface area contributed by atoms with Crippen molar-refractivity contribution in [2.45, 2.75) is 45.7 Å². The summed E-state index contributed by atoms with van der Waals surface area (Å²) in [4.78, 5) is 3.89. The molecule has 1 aromatic heterocycles. The molecule has 19 heavy (non-hydrogen) atoms. The molecular weight excluding hydrogens is 320 g/mol. The Hall–Kier alpha value is 0.1000. The highest BCUT2D eigenvalue weighted by atomic mass is 79.9. The fourth-order valence-corrected chi connectivity index (χ4v) is 3.91. The molecular formula is C15H25BrN2S. The van der Waals surface area contributed by atoms with Crippen molar-refractivity contribution in [3.8, 4) is 0 Å². The first kappa shape index (κ1) is 15.5. The second kappa shape index (κ2) is 6.70. The lowest BCUT2D eigenvalue weighted by atomic mass is 9.86. The molecule has 0 aromatic carbocycles. The van der Waals surface area contributed by atoms with Crippen molar-refractivity contribution < 1.29 is 0 Å². The summed E-state index contributed by atoms with van der Waals surface area (Å²) in [6.07, 6.45) is 3.98. The van der Waals surface area contributed by atoms with Crippen LogP contribution < -0.4 is 5.32 Å². The predicted molar refractivity (Wildman–Crippen MR) is 87.8 cm³/mol. The first-order valence-electron chi connectivity index (χ1n) is 7.15. The monoisotopic (exact) mass is 344 g/mol. The van der Waals surface area contributed by atoms with Gasteiger partial charge in [0.1, 0.15) is 0 Å². The van der Waals surface area contributed by atoms with E-state index in [4.69, 9.17) is 0 Å². The largest absolute Gasteiger partial charge is 0.313 e. The van der Waals surface area contributed by atoms with Gasteiger partial charge in [-0.25, -0.2) is 0 Å². The maximum absolute atomic E-state index is 3.69. The van der Waals surface area contributed by atoms with Gasteiger partial charge in [-0.15, -0.1) is 11.3 Å². The molecule has 2 rings (SSSR count). The van der Waals surface area contributed by atoms with Crippen LogP contribution in [0.25, 0.3) is 0 Å². The van der Waals surface area contributed by atoms with Crippen LogP contribution >= 0.6 is 27.3 Å². The number of rotatable bonds is 8.